The Morgan fingerprint density at radius 2 is 2.25 bits per heavy atom. The van der Waals surface area contributed by atoms with Crippen LogP contribution in [0.3, 0.4) is 0 Å². The normalized spacial score (nSPS) is 20.0. The van der Waals surface area contributed by atoms with Crippen molar-refractivity contribution in [2.75, 3.05) is 26.3 Å². The molecule has 1 aliphatic rings. The number of aryl methyl sites for hydroxylation is 2. The molecule has 0 N–H and O–H groups in total. The van der Waals surface area contributed by atoms with Crippen LogP contribution >= 0.6 is 0 Å². The first-order valence-electron chi connectivity index (χ1n) is 7.80. The molecule has 8 nitrogen and oxygen atoms in total. The van der Waals surface area contributed by atoms with Crippen LogP contribution in [0, 0.1) is 12.8 Å². The van der Waals surface area contributed by atoms with Crippen molar-refractivity contribution < 1.29 is 13.2 Å². The van der Waals surface area contributed by atoms with Gasteiger partial charge in [-0.3, -0.25) is 4.68 Å². The Morgan fingerprint density at radius 3 is 2.92 bits per heavy atom. The van der Waals surface area contributed by atoms with Crippen LogP contribution in [0.25, 0.3) is 0 Å². The summed E-state index contributed by atoms with van der Waals surface area (Å²) in [5, 5.41) is 4.15. The first kappa shape index (κ1) is 17.0. The SMILES string of the molecule is Cc1nn(C)cc1S(=O)(=O)N1CCOCC(Cc2ccncn2)C1. The summed E-state index contributed by atoms with van der Waals surface area (Å²) >= 11 is 0. The lowest BCUT2D eigenvalue weighted by Gasteiger charge is -2.22. The molecule has 3 heterocycles. The average molecular weight is 351 g/mol. The van der Waals surface area contributed by atoms with Gasteiger partial charge in [-0.15, -0.1) is 0 Å². The quantitative estimate of drug-likeness (QED) is 0.792. The lowest BCUT2D eigenvalue weighted by atomic mass is 10.0. The first-order valence-corrected chi connectivity index (χ1v) is 9.24. The van der Waals surface area contributed by atoms with Crippen molar-refractivity contribution >= 4 is 10.0 Å². The minimum Gasteiger partial charge on any atom is -0.380 e. The van der Waals surface area contributed by atoms with Crippen LogP contribution in [-0.2, 0) is 28.2 Å². The number of ether oxygens (including phenoxy) is 1. The Kier molecular flexibility index (Phi) is 4.93. The maximum Gasteiger partial charge on any atom is 0.246 e. The van der Waals surface area contributed by atoms with Crippen molar-refractivity contribution in [3.8, 4) is 0 Å². The Morgan fingerprint density at radius 1 is 1.42 bits per heavy atom. The van der Waals surface area contributed by atoms with Crippen LogP contribution in [0.1, 0.15) is 11.4 Å². The summed E-state index contributed by atoms with van der Waals surface area (Å²) < 4.78 is 34.6. The highest BCUT2D eigenvalue weighted by atomic mass is 32.2. The fraction of sp³-hybridized carbons (Fsp3) is 0.533. The number of hydrogen-bond donors (Lipinski definition) is 0. The Balaban J connectivity index is 1.80. The van der Waals surface area contributed by atoms with Gasteiger partial charge in [0.25, 0.3) is 0 Å². The van der Waals surface area contributed by atoms with Gasteiger partial charge in [0.1, 0.15) is 11.2 Å². The van der Waals surface area contributed by atoms with Gasteiger partial charge in [0.15, 0.2) is 0 Å². The zero-order valence-electron chi connectivity index (χ0n) is 13.8. The van der Waals surface area contributed by atoms with E-state index in [1.807, 2.05) is 6.07 Å². The Bertz CT molecular complexity index is 791. The van der Waals surface area contributed by atoms with Crippen LogP contribution < -0.4 is 0 Å². The molecule has 0 aromatic carbocycles. The summed E-state index contributed by atoms with van der Waals surface area (Å²) in [6.07, 6.45) is 5.39. The monoisotopic (exact) mass is 351 g/mol. The number of sulfonamides is 1. The fourth-order valence-corrected chi connectivity index (χ4v) is 4.59. The molecule has 0 saturated carbocycles. The van der Waals surface area contributed by atoms with Crippen LogP contribution in [0.2, 0.25) is 0 Å². The molecule has 1 fully saturated rings. The second-order valence-electron chi connectivity index (χ2n) is 5.96. The van der Waals surface area contributed by atoms with Gasteiger partial charge in [-0.2, -0.15) is 9.40 Å². The van der Waals surface area contributed by atoms with E-state index in [0.29, 0.717) is 38.4 Å². The van der Waals surface area contributed by atoms with Gasteiger partial charge in [-0.25, -0.2) is 18.4 Å². The van der Waals surface area contributed by atoms with Gasteiger partial charge >= 0.3 is 0 Å². The van der Waals surface area contributed by atoms with Gasteiger partial charge in [-0.1, -0.05) is 0 Å². The molecule has 3 rings (SSSR count). The van der Waals surface area contributed by atoms with Crippen molar-refractivity contribution in [3.05, 3.63) is 36.2 Å². The second-order valence-corrected chi connectivity index (χ2v) is 7.87. The van der Waals surface area contributed by atoms with E-state index in [-0.39, 0.29) is 10.8 Å². The fourth-order valence-electron chi connectivity index (χ4n) is 2.89. The number of aromatic nitrogens is 4. The summed E-state index contributed by atoms with van der Waals surface area (Å²) in [6.45, 7) is 3.36. The van der Waals surface area contributed by atoms with Gasteiger partial charge in [0, 0.05) is 44.1 Å². The molecule has 0 amide bonds. The molecule has 1 unspecified atom stereocenters. The van der Waals surface area contributed by atoms with Crippen molar-refractivity contribution in [3.63, 3.8) is 0 Å². The largest absolute Gasteiger partial charge is 0.380 e. The Labute approximate surface area is 141 Å². The van der Waals surface area contributed by atoms with E-state index in [1.54, 1.807) is 26.4 Å². The molecule has 130 valence electrons. The topological polar surface area (TPSA) is 90.2 Å². The predicted octanol–water partition coefficient (Wildman–Crippen LogP) is 0.398. The van der Waals surface area contributed by atoms with Gasteiger partial charge in [0.2, 0.25) is 10.0 Å². The number of hydrogen-bond acceptors (Lipinski definition) is 6. The first-order chi connectivity index (χ1) is 11.5. The zero-order chi connectivity index (χ0) is 17.2. The summed E-state index contributed by atoms with van der Waals surface area (Å²) in [5.74, 6) is 0.0501. The molecule has 1 atom stereocenters. The third-order valence-corrected chi connectivity index (χ3v) is 6.00. The molecule has 0 radical (unpaired) electrons. The van der Waals surface area contributed by atoms with Crippen molar-refractivity contribution in [2.45, 2.75) is 18.2 Å². The van der Waals surface area contributed by atoms with E-state index < -0.39 is 10.0 Å². The van der Waals surface area contributed by atoms with Crippen LogP contribution in [0.4, 0.5) is 0 Å². The standard InChI is InChI=1S/C15H21N5O3S/c1-12-15(9-19(2)18-12)24(21,22)20-5-6-23-10-13(8-20)7-14-3-4-16-11-17-14/h3-4,9,11,13H,5-8,10H2,1-2H3. The van der Waals surface area contributed by atoms with Gasteiger partial charge in [-0.05, 0) is 19.4 Å². The molecule has 1 aliphatic heterocycles. The number of nitrogens with zero attached hydrogens (tertiary/aromatic N) is 5. The van der Waals surface area contributed by atoms with Crippen molar-refractivity contribution in [1.29, 1.82) is 0 Å². The maximum atomic E-state index is 13.0. The second kappa shape index (κ2) is 6.96. The Hall–Kier alpha value is -1.84. The van der Waals surface area contributed by atoms with Gasteiger partial charge < -0.3 is 4.74 Å². The van der Waals surface area contributed by atoms with Crippen LogP contribution in [0.15, 0.2) is 29.7 Å². The molecule has 2 aromatic rings. The predicted molar refractivity (Wildman–Crippen MR) is 86.7 cm³/mol. The van der Waals surface area contributed by atoms with E-state index in [9.17, 15) is 8.42 Å². The molecule has 1 saturated heterocycles. The third kappa shape index (κ3) is 3.63. The van der Waals surface area contributed by atoms with E-state index in [4.69, 9.17) is 4.74 Å². The molecule has 0 bridgehead atoms. The zero-order valence-corrected chi connectivity index (χ0v) is 14.6. The third-order valence-electron chi connectivity index (χ3n) is 4.03. The maximum absolute atomic E-state index is 13.0. The highest BCUT2D eigenvalue weighted by Crippen LogP contribution is 2.22. The van der Waals surface area contributed by atoms with E-state index in [2.05, 4.69) is 15.1 Å². The molecule has 24 heavy (non-hydrogen) atoms. The summed E-state index contributed by atoms with van der Waals surface area (Å²) in [5.41, 5.74) is 1.39. The average Bonchev–Trinajstić information content (AvgIpc) is 2.75. The molecule has 0 spiro atoms. The molecule has 9 heteroatoms. The minimum absolute atomic E-state index is 0.0501. The van der Waals surface area contributed by atoms with E-state index in [1.165, 1.54) is 15.3 Å². The van der Waals surface area contributed by atoms with Crippen LogP contribution in [-0.4, -0.2) is 58.8 Å². The molecular formula is C15H21N5O3S. The molecule has 0 aliphatic carbocycles. The van der Waals surface area contributed by atoms with Gasteiger partial charge in [0.05, 0.1) is 18.9 Å². The summed E-state index contributed by atoms with van der Waals surface area (Å²) in [4.78, 5) is 8.38. The van der Waals surface area contributed by atoms with Crippen molar-refractivity contribution in [2.24, 2.45) is 13.0 Å². The van der Waals surface area contributed by atoms with E-state index in [0.717, 1.165) is 5.69 Å². The number of rotatable bonds is 4. The van der Waals surface area contributed by atoms with Crippen LogP contribution in [0.5, 0.6) is 0 Å². The molecular weight excluding hydrogens is 330 g/mol. The van der Waals surface area contributed by atoms with Crippen molar-refractivity contribution in [1.82, 2.24) is 24.1 Å². The smallest absolute Gasteiger partial charge is 0.246 e. The highest BCUT2D eigenvalue weighted by Gasteiger charge is 2.31. The summed E-state index contributed by atoms with van der Waals surface area (Å²) in [7, 11) is -1.87. The van der Waals surface area contributed by atoms with E-state index >= 15 is 0 Å². The minimum atomic E-state index is -3.58. The molecule has 2 aromatic heterocycles. The lowest BCUT2D eigenvalue weighted by Crippen LogP contribution is -2.36. The summed E-state index contributed by atoms with van der Waals surface area (Å²) in [6, 6.07) is 1.84. The highest BCUT2D eigenvalue weighted by molar-refractivity contribution is 7.89. The lowest BCUT2D eigenvalue weighted by molar-refractivity contribution is 0.122.